The molecule has 0 heteroatoms. The van der Waals surface area contributed by atoms with Crippen molar-refractivity contribution in [3.63, 3.8) is 0 Å². The van der Waals surface area contributed by atoms with E-state index >= 15 is 0 Å². The largest absolute Gasteiger partial charge is 0.0804 e. The molecule has 2 rings (SSSR count). The minimum absolute atomic E-state index is 0.195. The Morgan fingerprint density at radius 3 is 1.38 bits per heavy atom. The Balaban J connectivity index is 2.35. The highest BCUT2D eigenvalue weighted by Gasteiger charge is 2.41. The molecule has 0 heterocycles. The molecule has 0 aromatic heterocycles. The molecular formula is C16H22. The quantitative estimate of drug-likeness (QED) is 0.632. The van der Waals surface area contributed by atoms with Gasteiger partial charge in [0.2, 0.25) is 0 Å². The molecule has 86 valence electrons. The summed E-state index contributed by atoms with van der Waals surface area (Å²) in [5.41, 5.74) is 3.36. The Bertz CT molecular complexity index is 358. The van der Waals surface area contributed by atoms with Gasteiger partial charge in [-0.05, 0) is 34.8 Å². The first-order valence-corrected chi connectivity index (χ1v) is 6.20. The van der Waals surface area contributed by atoms with Gasteiger partial charge in [0, 0.05) is 0 Å². The number of hydrogen-bond acceptors (Lipinski definition) is 0. The van der Waals surface area contributed by atoms with Gasteiger partial charge in [-0.1, -0.05) is 64.2 Å². The van der Waals surface area contributed by atoms with Crippen LogP contribution in [0.2, 0.25) is 0 Å². The molecule has 0 N–H and O–H groups in total. The van der Waals surface area contributed by atoms with Crippen LogP contribution in [0, 0.1) is 10.8 Å². The van der Waals surface area contributed by atoms with Gasteiger partial charge < -0.3 is 0 Å². The second kappa shape index (κ2) is 3.76. The highest BCUT2D eigenvalue weighted by molar-refractivity contribution is 5.41. The minimum atomic E-state index is 0.195. The van der Waals surface area contributed by atoms with Crippen LogP contribution in [0.1, 0.15) is 40.5 Å². The summed E-state index contributed by atoms with van der Waals surface area (Å²) in [7, 11) is 0. The maximum absolute atomic E-state index is 2.36. The lowest BCUT2D eigenvalue weighted by Crippen LogP contribution is -2.34. The van der Waals surface area contributed by atoms with E-state index in [9.17, 15) is 0 Å². The monoisotopic (exact) mass is 214 g/mol. The molecule has 0 bridgehead atoms. The molecule has 2 aliphatic rings. The van der Waals surface area contributed by atoms with Crippen LogP contribution in [0.4, 0.5) is 0 Å². The summed E-state index contributed by atoms with van der Waals surface area (Å²) in [6.45, 7) is 9.45. The Morgan fingerprint density at radius 2 is 1.12 bits per heavy atom. The summed E-state index contributed by atoms with van der Waals surface area (Å²) in [6, 6.07) is 0. The minimum Gasteiger partial charge on any atom is -0.0804 e. The summed E-state index contributed by atoms with van der Waals surface area (Å²) in [5.74, 6) is 0. The molecule has 0 saturated carbocycles. The van der Waals surface area contributed by atoms with E-state index in [0.29, 0.717) is 0 Å². The Morgan fingerprint density at radius 1 is 0.750 bits per heavy atom. The van der Waals surface area contributed by atoms with E-state index < -0.39 is 0 Å². The van der Waals surface area contributed by atoms with Gasteiger partial charge in [-0.25, -0.2) is 0 Å². The van der Waals surface area contributed by atoms with Crippen molar-refractivity contribution in [1.82, 2.24) is 0 Å². The maximum Gasteiger partial charge on any atom is -0.00153 e. The zero-order valence-electron chi connectivity index (χ0n) is 10.9. The summed E-state index contributed by atoms with van der Waals surface area (Å²) in [6.07, 6.45) is 16.0. The first kappa shape index (κ1) is 11.4. The van der Waals surface area contributed by atoms with Crippen LogP contribution in [-0.4, -0.2) is 0 Å². The van der Waals surface area contributed by atoms with Crippen molar-refractivity contribution >= 4 is 0 Å². The fourth-order valence-electron chi connectivity index (χ4n) is 2.56. The molecule has 0 radical (unpaired) electrons. The maximum atomic E-state index is 2.36. The van der Waals surface area contributed by atoms with E-state index in [1.807, 2.05) is 0 Å². The number of hydrogen-bond donors (Lipinski definition) is 0. The van der Waals surface area contributed by atoms with Crippen LogP contribution >= 0.6 is 0 Å². The lowest BCUT2D eigenvalue weighted by molar-refractivity contribution is 0.209. The van der Waals surface area contributed by atoms with Gasteiger partial charge in [0.05, 0.1) is 0 Å². The molecule has 16 heavy (non-hydrogen) atoms. The van der Waals surface area contributed by atoms with Crippen LogP contribution < -0.4 is 0 Å². The molecule has 0 atom stereocenters. The third-order valence-corrected chi connectivity index (χ3v) is 4.55. The van der Waals surface area contributed by atoms with Crippen molar-refractivity contribution in [2.45, 2.75) is 40.5 Å². The van der Waals surface area contributed by atoms with Crippen LogP contribution in [0.3, 0.4) is 0 Å². The molecule has 0 aromatic carbocycles. The molecule has 0 saturated heterocycles. The molecule has 0 aliphatic heterocycles. The lowest BCUT2D eigenvalue weighted by atomic mass is 9.60. The molecule has 2 aliphatic carbocycles. The predicted molar refractivity (Wildman–Crippen MR) is 71.2 cm³/mol. The molecule has 0 spiro atoms. The van der Waals surface area contributed by atoms with Gasteiger partial charge in [0.1, 0.15) is 0 Å². The third-order valence-electron chi connectivity index (χ3n) is 4.55. The zero-order chi connectivity index (χ0) is 11.8. The van der Waals surface area contributed by atoms with Crippen LogP contribution in [0.5, 0.6) is 0 Å². The van der Waals surface area contributed by atoms with Gasteiger partial charge in [0.15, 0.2) is 0 Å². The first-order chi connectivity index (χ1) is 7.46. The summed E-state index contributed by atoms with van der Waals surface area (Å²) < 4.78 is 0. The molecule has 0 nitrogen and oxygen atoms in total. The fraction of sp³-hybridized carbons (Fsp3) is 0.500. The number of rotatable bonds is 3. The van der Waals surface area contributed by atoms with Crippen molar-refractivity contribution in [2.75, 3.05) is 0 Å². The average molecular weight is 214 g/mol. The van der Waals surface area contributed by atoms with E-state index in [1.54, 1.807) is 0 Å². The highest BCUT2D eigenvalue weighted by Crippen LogP contribution is 2.51. The lowest BCUT2D eigenvalue weighted by Gasteiger charge is -2.43. The van der Waals surface area contributed by atoms with E-state index in [2.05, 4.69) is 64.2 Å². The van der Waals surface area contributed by atoms with Crippen LogP contribution in [-0.2, 0) is 0 Å². The van der Waals surface area contributed by atoms with Gasteiger partial charge in [-0.3, -0.25) is 0 Å². The highest BCUT2D eigenvalue weighted by atomic mass is 14.4. The van der Waals surface area contributed by atoms with Crippen LogP contribution in [0.25, 0.3) is 0 Å². The van der Waals surface area contributed by atoms with E-state index in [1.165, 1.54) is 11.1 Å². The predicted octanol–water partition coefficient (Wildman–Crippen LogP) is 4.81. The molecule has 0 amide bonds. The Kier molecular flexibility index (Phi) is 2.69. The first-order valence-electron chi connectivity index (χ1n) is 6.20. The summed E-state index contributed by atoms with van der Waals surface area (Å²) in [4.78, 5) is 0. The van der Waals surface area contributed by atoms with Gasteiger partial charge in [0.25, 0.3) is 0 Å². The van der Waals surface area contributed by atoms with E-state index in [4.69, 9.17) is 0 Å². The third kappa shape index (κ3) is 1.61. The van der Waals surface area contributed by atoms with Crippen molar-refractivity contribution in [2.24, 2.45) is 10.8 Å². The summed E-state index contributed by atoms with van der Waals surface area (Å²) >= 11 is 0. The molecular weight excluding hydrogens is 192 g/mol. The molecule has 0 unspecified atom stereocenters. The second-order valence-electron chi connectivity index (χ2n) is 5.85. The summed E-state index contributed by atoms with van der Waals surface area (Å²) in [5, 5.41) is 0. The van der Waals surface area contributed by atoms with Crippen molar-refractivity contribution in [1.29, 1.82) is 0 Å². The Hall–Kier alpha value is -1.04. The van der Waals surface area contributed by atoms with Crippen LogP contribution in [0.15, 0.2) is 47.6 Å². The number of allylic oxidation sites excluding steroid dienone is 8. The fourth-order valence-corrected chi connectivity index (χ4v) is 2.56. The molecule has 0 fully saturated rings. The van der Waals surface area contributed by atoms with Gasteiger partial charge in [-0.15, -0.1) is 0 Å². The average Bonchev–Trinajstić information content (AvgIpc) is 2.91. The zero-order valence-corrected chi connectivity index (χ0v) is 10.9. The van der Waals surface area contributed by atoms with Crippen molar-refractivity contribution in [3.8, 4) is 0 Å². The van der Waals surface area contributed by atoms with E-state index in [0.717, 1.165) is 12.8 Å². The molecule has 0 aromatic rings. The van der Waals surface area contributed by atoms with Crippen molar-refractivity contribution in [3.05, 3.63) is 47.6 Å². The van der Waals surface area contributed by atoms with Gasteiger partial charge >= 0.3 is 0 Å². The standard InChI is InChI=1S/C16H22/c1-15(2,13-9-5-6-10-13)16(3,4)14-11-7-8-12-14/h5,7,9-12H,6,8H2,1-4H3. The normalized spacial score (nSPS) is 20.2. The Labute approximate surface area is 99.4 Å². The smallest absolute Gasteiger partial charge is 0.00153 e. The van der Waals surface area contributed by atoms with Crippen molar-refractivity contribution < 1.29 is 0 Å². The van der Waals surface area contributed by atoms with Gasteiger partial charge in [-0.2, -0.15) is 0 Å². The second-order valence-corrected chi connectivity index (χ2v) is 5.85. The SMILES string of the molecule is CC(C)(C1=CCC=C1)C(C)(C)C1=CCC=C1. The van der Waals surface area contributed by atoms with E-state index in [-0.39, 0.29) is 10.8 Å². The topological polar surface area (TPSA) is 0 Å².